The van der Waals surface area contributed by atoms with Crippen molar-refractivity contribution in [1.29, 1.82) is 0 Å². The van der Waals surface area contributed by atoms with E-state index in [4.69, 9.17) is 28.7 Å². The van der Waals surface area contributed by atoms with E-state index in [1.165, 1.54) is 26.0 Å². The van der Waals surface area contributed by atoms with Crippen LogP contribution in [0, 0.1) is 5.92 Å². The summed E-state index contributed by atoms with van der Waals surface area (Å²) in [6, 6.07) is -6.66. The van der Waals surface area contributed by atoms with Crippen LogP contribution in [0.4, 0.5) is 0 Å². The first kappa shape index (κ1) is 73.2. The van der Waals surface area contributed by atoms with Gasteiger partial charge in [-0.1, -0.05) is 77.5 Å². The highest BCUT2D eigenvalue weighted by molar-refractivity contribution is 6.00. The molecule has 0 aliphatic carbocycles. The molecule has 23 N–H and O–H groups in total. The molecule has 29 heteroatoms. The number of amides is 11. The molecule has 0 saturated carbocycles. The summed E-state index contributed by atoms with van der Waals surface area (Å²) >= 11 is 0. The van der Waals surface area contributed by atoms with Gasteiger partial charge in [-0.2, -0.15) is 0 Å². The second-order valence-electron chi connectivity index (χ2n) is 21.4. The number of aliphatic hydroxyl groups excluding tert-OH is 2. The minimum absolute atomic E-state index is 0.0600. The van der Waals surface area contributed by atoms with Gasteiger partial charge in [0, 0.05) is 12.1 Å². The Bertz CT molecular complexity index is 2280. The fourth-order valence-electron chi connectivity index (χ4n) is 9.04. The van der Waals surface area contributed by atoms with E-state index in [1.54, 1.807) is 32.0 Å². The summed E-state index contributed by atoms with van der Waals surface area (Å²) in [5.74, 6) is -9.99. The molecular formula is C55H96N16O13. The summed E-state index contributed by atoms with van der Waals surface area (Å²) in [7, 11) is 0. The fourth-order valence-corrected chi connectivity index (χ4v) is 9.04. The monoisotopic (exact) mass is 1190 g/mol. The summed E-state index contributed by atoms with van der Waals surface area (Å²) in [6.07, 6.45) is 0.667. The van der Waals surface area contributed by atoms with Crippen LogP contribution in [-0.4, -0.2) is 187 Å². The second kappa shape index (κ2) is 39.6. The van der Waals surface area contributed by atoms with E-state index in [-0.39, 0.29) is 89.2 Å². The van der Waals surface area contributed by atoms with Crippen LogP contribution in [0.15, 0.2) is 30.3 Å². The minimum Gasteiger partial charge on any atom is -0.391 e. The smallest absolute Gasteiger partial charge is 0.251 e. The van der Waals surface area contributed by atoms with Crippen molar-refractivity contribution in [3.8, 4) is 0 Å². The number of aliphatic hydroxyl groups is 2. The third-order valence-corrected chi connectivity index (χ3v) is 13.8. The lowest BCUT2D eigenvalue weighted by atomic mass is 10.00. The number of nitrogens with two attached hydrogens (primary N) is 5. The number of nitrogens with one attached hydrogen (secondary N) is 11. The highest BCUT2D eigenvalue weighted by Gasteiger charge is 2.37. The van der Waals surface area contributed by atoms with Gasteiger partial charge in [0.25, 0.3) is 5.91 Å². The van der Waals surface area contributed by atoms with E-state index in [9.17, 15) is 63.0 Å². The summed E-state index contributed by atoms with van der Waals surface area (Å²) in [5, 5.41) is 49.7. The molecule has 1 aromatic carbocycles. The molecule has 11 amide bonds. The van der Waals surface area contributed by atoms with Crippen LogP contribution in [0.5, 0.6) is 0 Å². The summed E-state index contributed by atoms with van der Waals surface area (Å²) in [4.78, 5) is 154. The van der Waals surface area contributed by atoms with Gasteiger partial charge in [0.05, 0.1) is 12.2 Å². The first-order valence-electron chi connectivity index (χ1n) is 29.2. The van der Waals surface area contributed by atoms with Crippen LogP contribution >= 0.6 is 0 Å². The van der Waals surface area contributed by atoms with Gasteiger partial charge in [-0.25, -0.2) is 0 Å². The fraction of sp³-hybridized carbons (Fsp3) is 0.691. The Hall–Kier alpha value is -6.89. The molecular weight excluding hydrogens is 1090 g/mol. The molecule has 1 aliphatic heterocycles. The van der Waals surface area contributed by atoms with Gasteiger partial charge in [-0.15, -0.1) is 0 Å². The molecule has 0 radical (unpaired) electrons. The van der Waals surface area contributed by atoms with Gasteiger partial charge in [0.15, 0.2) is 0 Å². The average Bonchev–Trinajstić information content (AvgIpc) is 3.61. The van der Waals surface area contributed by atoms with E-state index < -0.39 is 151 Å². The van der Waals surface area contributed by atoms with Crippen LogP contribution in [0.25, 0.3) is 0 Å². The summed E-state index contributed by atoms with van der Waals surface area (Å²) < 4.78 is 0. The molecule has 1 aromatic rings. The van der Waals surface area contributed by atoms with Crippen molar-refractivity contribution in [2.75, 3.05) is 39.3 Å². The van der Waals surface area contributed by atoms with E-state index in [0.717, 1.165) is 25.7 Å². The van der Waals surface area contributed by atoms with Gasteiger partial charge < -0.3 is 97.4 Å². The van der Waals surface area contributed by atoms with E-state index in [2.05, 4.69) is 65.4 Å². The molecule has 12 atom stereocenters. The van der Waals surface area contributed by atoms with Crippen molar-refractivity contribution in [2.45, 2.75) is 197 Å². The lowest BCUT2D eigenvalue weighted by molar-refractivity contribution is -0.136. The second-order valence-corrected chi connectivity index (χ2v) is 21.4. The number of carbonyl (C=O) groups is 11. The maximum Gasteiger partial charge on any atom is 0.251 e. The van der Waals surface area contributed by atoms with Crippen molar-refractivity contribution in [2.24, 2.45) is 34.6 Å². The highest BCUT2D eigenvalue weighted by atomic mass is 16.3. The number of hydrogen-bond donors (Lipinski definition) is 18. The molecule has 474 valence electrons. The SMILES string of the molecule is CCCCCCCC[C@H]1NC(=O)[C@H](CCN)NC(=O)[C@@H](NC(=O)[C@H](CCN)NC(=O)[C@@H](NC(=O)[C@H](CCN)NC(=O)c2ccccc2)[C@@H](C)O)CCNC(=O)[C@H]([C@@H](C)O)NC(=O)[C@H](CCN)NC(=O)[C@H](CCN)NC(=O)[C@H](CC(C)C)NC1=O. The van der Waals surface area contributed by atoms with Crippen LogP contribution in [0.3, 0.4) is 0 Å². The normalized spacial score (nSPS) is 22.6. The molecule has 0 aromatic heterocycles. The number of unbranched alkanes of at least 4 members (excludes halogenated alkanes) is 5. The highest BCUT2D eigenvalue weighted by Crippen LogP contribution is 2.13. The standard InChI is InChI=1S/C55H96N16O13/c1-6-7-8-9-10-14-17-35-46(75)69-42(30-31(2)3)53(82)66-37(19-25-57)48(77)65-40(22-28-60)52(81)70-43(32(4)72)54(83)61-29-23-41(50(79)64-36(18-24-56)47(76)63-35)67-49(78)38(20-26-58)68-55(84)44(33(5)73)71-51(80)39(21-27-59)62-45(74)34-15-12-11-13-16-34/h11-13,15-16,31-33,35-44,72-73H,6-10,14,17-30,56-60H2,1-5H3,(H,61,83)(H,62,74)(H,63,76)(H,64,79)(H,65,77)(H,66,82)(H,67,78)(H,68,84)(H,69,75)(H,70,81)(H,71,80)/t32-,33-,35-,36+,37+,38+,39+,40+,41+,42+,43+,44+/m1/s1. The van der Waals surface area contributed by atoms with Crippen molar-refractivity contribution in [3.05, 3.63) is 35.9 Å². The Kier molecular flexibility index (Phi) is 34.5. The Morgan fingerprint density at radius 3 is 1.49 bits per heavy atom. The topological polar surface area (TPSA) is 491 Å². The van der Waals surface area contributed by atoms with Gasteiger partial charge in [0.1, 0.15) is 60.4 Å². The zero-order chi connectivity index (χ0) is 62.9. The van der Waals surface area contributed by atoms with Gasteiger partial charge in [0.2, 0.25) is 59.1 Å². The molecule has 1 aliphatic rings. The molecule has 0 bridgehead atoms. The van der Waals surface area contributed by atoms with E-state index in [1.807, 2.05) is 0 Å². The van der Waals surface area contributed by atoms with Crippen molar-refractivity contribution in [1.82, 2.24) is 58.5 Å². The molecule has 1 saturated heterocycles. The maximum absolute atomic E-state index is 14.5. The Morgan fingerprint density at radius 1 is 0.536 bits per heavy atom. The Labute approximate surface area is 491 Å². The van der Waals surface area contributed by atoms with Crippen LogP contribution in [0.1, 0.15) is 135 Å². The van der Waals surface area contributed by atoms with Gasteiger partial charge in [-0.3, -0.25) is 52.7 Å². The first-order valence-corrected chi connectivity index (χ1v) is 29.2. The van der Waals surface area contributed by atoms with Gasteiger partial charge in [-0.05, 0) is 116 Å². The molecule has 0 unspecified atom stereocenters. The maximum atomic E-state index is 14.5. The lowest BCUT2D eigenvalue weighted by Gasteiger charge is -2.29. The van der Waals surface area contributed by atoms with Crippen molar-refractivity contribution >= 4 is 65.0 Å². The number of benzene rings is 1. The molecule has 29 nitrogen and oxygen atoms in total. The molecule has 1 heterocycles. The zero-order valence-electron chi connectivity index (χ0n) is 49.3. The van der Waals surface area contributed by atoms with E-state index >= 15 is 0 Å². The lowest BCUT2D eigenvalue weighted by Crippen LogP contribution is -2.62. The third kappa shape index (κ3) is 25.9. The van der Waals surface area contributed by atoms with Gasteiger partial charge >= 0.3 is 0 Å². The molecule has 84 heavy (non-hydrogen) atoms. The first-order chi connectivity index (χ1) is 40.0. The van der Waals surface area contributed by atoms with E-state index in [0.29, 0.717) is 12.8 Å². The zero-order valence-corrected chi connectivity index (χ0v) is 49.3. The number of rotatable bonds is 29. The van der Waals surface area contributed by atoms with Crippen LogP contribution in [0.2, 0.25) is 0 Å². The third-order valence-electron chi connectivity index (χ3n) is 13.8. The number of carbonyl (C=O) groups excluding carboxylic acids is 11. The number of hydrogen-bond acceptors (Lipinski definition) is 18. The summed E-state index contributed by atoms with van der Waals surface area (Å²) in [5.41, 5.74) is 29.6. The van der Waals surface area contributed by atoms with Crippen molar-refractivity contribution in [3.63, 3.8) is 0 Å². The predicted octanol–water partition coefficient (Wildman–Crippen LogP) is -5.03. The van der Waals surface area contributed by atoms with Crippen molar-refractivity contribution < 1.29 is 63.0 Å². The quantitative estimate of drug-likeness (QED) is 0.0334. The Balaban J connectivity index is 2.69. The molecule has 2 rings (SSSR count). The summed E-state index contributed by atoms with van der Waals surface area (Å²) in [6.45, 7) is 6.90. The largest absolute Gasteiger partial charge is 0.391 e. The predicted molar refractivity (Wildman–Crippen MR) is 312 cm³/mol. The average molecular weight is 1190 g/mol. The van der Waals surface area contributed by atoms with Crippen LogP contribution < -0.4 is 87.2 Å². The molecule has 1 fully saturated rings. The molecule has 0 spiro atoms. The minimum atomic E-state index is -1.72. The Morgan fingerprint density at radius 2 is 1.00 bits per heavy atom. The van der Waals surface area contributed by atoms with Crippen LogP contribution in [-0.2, 0) is 47.9 Å².